The third-order valence-corrected chi connectivity index (χ3v) is 5.42. The molecule has 0 spiro atoms. The first-order valence-electron chi connectivity index (χ1n) is 8.23. The summed E-state index contributed by atoms with van der Waals surface area (Å²) < 4.78 is 1.74. The minimum absolute atomic E-state index is 0.165. The van der Waals surface area contributed by atoms with Gasteiger partial charge in [0.1, 0.15) is 0 Å². The van der Waals surface area contributed by atoms with E-state index in [1.165, 1.54) is 0 Å². The van der Waals surface area contributed by atoms with Gasteiger partial charge in [0.2, 0.25) is 0 Å². The van der Waals surface area contributed by atoms with Gasteiger partial charge >= 0.3 is 0 Å². The number of nitrogens with one attached hydrogen (secondary N) is 2. The van der Waals surface area contributed by atoms with Gasteiger partial charge in [0.05, 0.1) is 10.6 Å². The fraction of sp³-hybridized carbons (Fsp3) is 0.158. The Labute approximate surface area is 159 Å². The molecule has 0 radical (unpaired) electrons. The van der Waals surface area contributed by atoms with Gasteiger partial charge in [-0.2, -0.15) is 5.10 Å². The molecule has 0 saturated carbocycles. The van der Waals surface area contributed by atoms with E-state index in [1.807, 2.05) is 55.0 Å². The summed E-state index contributed by atoms with van der Waals surface area (Å²) in [7, 11) is 1.85. The molecular formula is C19H17ClN4OS. The van der Waals surface area contributed by atoms with Crippen molar-refractivity contribution in [2.75, 3.05) is 6.54 Å². The van der Waals surface area contributed by atoms with E-state index in [2.05, 4.69) is 15.4 Å². The maximum Gasteiger partial charge on any atom is 0.271 e. The van der Waals surface area contributed by atoms with Gasteiger partial charge in [-0.05, 0) is 47.7 Å². The molecule has 132 valence electrons. The second-order valence-electron chi connectivity index (χ2n) is 6.03. The quantitative estimate of drug-likeness (QED) is 0.540. The number of carbonyl (C=O) groups excluding carboxylic acids is 1. The molecule has 26 heavy (non-hydrogen) atoms. The monoisotopic (exact) mass is 384 g/mol. The minimum atomic E-state index is -0.165. The van der Waals surface area contributed by atoms with Crippen LogP contribution in [0.25, 0.3) is 21.5 Å². The highest BCUT2D eigenvalue weighted by atomic mass is 35.5. The van der Waals surface area contributed by atoms with Crippen molar-refractivity contribution in [1.29, 1.82) is 0 Å². The summed E-state index contributed by atoms with van der Waals surface area (Å²) in [6, 6.07) is 11.6. The molecule has 1 amide bonds. The molecule has 4 aromatic rings. The van der Waals surface area contributed by atoms with E-state index >= 15 is 0 Å². The predicted molar refractivity (Wildman–Crippen MR) is 106 cm³/mol. The summed E-state index contributed by atoms with van der Waals surface area (Å²) >= 11 is 7.70. The molecular weight excluding hydrogens is 368 g/mol. The van der Waals surface area contributed by atoms with Crippen molar-refractivity contribution in [2.24, 2.45) is 7.05 Å². The van der Waals surface area contributed by atoms with Crippen LogP contribution in [0.4, 0.5) is 0 Å². The molecule has 5 nitrogen and oxygen atoms in total. The van der Waals surface area contributed by atoms with Crippen LogP contribution in [0.5, 0.6) is 0 Å². The van der Waals surface area contributed by atoms with Crippen LogP contribution >= 0.6 is 22.9 Å². The van der Waals surface area contributed by atoms with Gasteiger partial charge in [0.25, 0.3) is 5.91 Å². The molecule has 0 bridgehead atoms. The molecule has 0 saturated heterocycles. The Bertz CT molecular complexity index is 1060. The minimum Gasteiger partial charge on any atom is -0.361 e. The fourth-order valence-electron chi connectivity index (χ4n) is 2.99. The average molecular weight is 385 g/mol. The number of nitrogens with zero attached hydrogens (tertiary/aromatic N) is 2. The van der Waals surface area contributed by atoms with Crippen molar-refractivity contribution in [3.05, 3.63) is 64.3 Å². The molecule has 0 aliphatic carbocycles. The third-order valence-electron chi connectivity index (χ3n) is 4.30. The topological polar surface area (TPSA) is 62.7 Å². The van der Waals surface area contributed by atoms with Gasteiger partial charge in [-0.3, -0.25) is 9.48 Å². The van der Waals surface area contributed by atoms with Gasteiger partial charge < -0.3 is 10.3 Å². The van der Waals surface area contributed by atoms with Crippen molar-refractivity contribution in [3.63, 3.8) is 0 Å². The second-order valence-corrected chi connectivity index (χ2v) is 7.41. The molecule has 3 aromatic heterocycles. The summed E-state index contributed by atoms with van der Waals surface area (Å²) in [6.45, 7) is 0.531. The smallest absolute Gasteiger partial charge is 0.271 e. The number of carbonyl (C=O) groups is 1. The molecule has 3 heterocycles. The second kappa shape index (κ2) is 6.97. The van der Waals surface area contributed by atoms with Crippen LogP contribution < -0.4 is 5.32 Å². The van der Waals surface area contributed by atoms with Crippen molar-refractivity contribution < 1.29 is 4.79 Å². The van der Waals surface area contributed by atoms with Crippen LogP contribution in [-0.4, -0.2) is 27.2 Å². The Morgan fingerprint density at radius 2 is 2.23 bits per heavy atom. The average Bonchev–Trinajstić information content (AvgIpc) is 3.34. The van der Waals surface area contributed by atoms with Crippen LogP contribution in [0.2, 0.25) is 5.02 Å². The third kappa shape index (κ3) is 3.25. The van der Waals surface area contributed by atoms with Gasteiger partial charge in [-0.25, -0.2) is 0 Å². The summed E-state index contributed by atoms with van der Waals surface area (Å²) in [6.07, 6.45) is 2.68. The SMILES string of the molecule is Cn1nc(C(=O)NCCc2c[nH]c3ccc(Cl)cc23)cc1-c1cccs1. The largest absolute Gasteiger partial charge is 0.361 e. The number of fused-ring (bicyclic) bond motifs is 1. The number of thiophene rings is 1. The first-order valence-corrected chi connectivity index (χ1v) is 9.49. The standard InChI is InChI=1S/C19H17ClN4OS/c1-24-17(18-3-2-8-26-18)10-16(23-24)19(25)21-7-6-12-11-22-15-5-4-13(20)9-14(12)15/h2-5,8-11,22H,6-7H2,1H3,(H,21,25). The number of benzene rings is 1. The molecule has 0 aliphatic heterocycles. The van der Waals surface area contributed by atoms with E-state index in [1.54, 1.807) is 16.0 Å². The number of aromatic nitrogens is 3. The number of amides is 1. The van der Waals surface area contributed by atoms with E-state index in [4.69, 9.17) is 11.6 Å². The van der Waals surface area contributed by atoms with E-state index in [0.717, 1.165) is 33.5 Å². The normalized spacial score (nSPS) is 11.2. The van der Waals surface area contributed by atoms with Crippen molar-refractivity contribution in [1.82, 2.24) is 20.1 Å². The number of hydrogen-bond donors (Lipinski definition) is 2. The highest BCUT2D eigenvalue weighted by Gasteiger charge is 2.14. The van der Waals surface area contributed by atoms with Gasteiger partial charge in [0, 0.05) is 35.7 Å². The molecule has 2 N–H and O–H groups in total. The highest BCUT2D eigenvalue weighted by Crippen LogP contribution is 2.25. The summed E-state index contributed by atoms with van der Waals surface area (Å²) in [5.41, 5.74) is 3.54. The first kappa shape index (κ1) is 16.9. The molecule has 4 rings (SSSR count). The number of aromatic amines is 1. The lowest BCUT2D eigenvalue weighted by molar-refractivity contribution is 0.0948. The number of rotatable bonds is 5. The number of aryl methyl sites for hydroxylation is 1. The molecule has 0 atom stereocenters. The lowest BCUT2D eigenvalue weighted by Gasteiger charge is -2.03. The molecule has 7 heteroatoms. The molecule has 0 unspecified atom stereocenters. The highest BCUT2D eigenvalue weighted by molar-refractivity contribution is 7.13. The summed E-state index contributed by atoms with van der Waals surface area (Å²) in [4.78, 5) is 16.7. The Balaban J connectivity index is 1.43. The molecule has 1 aromatic carbocycles. The van der Waals surface area contributed by atoms with Crippen LogP contribution in [-0.2, 0) is 13.5 Å². The van der Waals surface area contributed by atoms with Gasteiger partial charge in [0.15, 0.2) is 5.69 Å². The zero-order chi connectivity index (χ0) is 18.1. The van der Waals surface area contributed by atoms with Crippen molar-refractivity contribution in [2.45, 2.75) is 6.42 Å². The molecule has 0 aliphatic rings. The number of H-pyrrole nitrogens is 1. The maximum atomic E-state index is 12.4. The Morgan fingerprint density at radius 1 is 1.35 bits per heavy atom. The Kier molecular flexibility index (Phi) is 4.53. The lowest BCUT2D eigenvalue weighted by atomic mass is 10.1. The lowest BCUT2D eigenvalue weighted by Crippen LogP contribution is -2.26. The van der Waals surface area contributed by atoms with E-state index in [0.29, 0.717) is 17.3 Å². The van der Waals surface area contributed by atoms with Crippen LogP contribution in [0.3, 0.4) is 0 Å². The maximum absolute atomic E-state index is 12.4. The Morgan fingerprint density at radius 3 is 3.04 bits per heavy atom. The number of halogens is 1. The van der Waals surface area contributed by atoms with Crippen molar-refractivity contribution >= 4 is 39.7 Å². The summed E-state index contributed by atoms with van der Waals surface area (Å²) in [5, 5.41) is 11.1. The first-order chi connectivity index (χ1) is 12.6. The zero-order valence-electron chi connectivity index (χ0n) is 14.1. The van der Waals surface area contributed by atoms with E-state index in [-0.39, 0.29) is 5.91 Å². The predicted octanol–water partition coefficient (Wildman–Crippen LogP) is 4.26. The van der Waals surface area contributed by atoms with Gasteiger partial charge in [-0.1, -0.05) is 17.7 Å². The zero-order valence-corrected chi connectivity index (χ0v) is 15.7. The van der Waals surface area contributed by atoms with Gasteiger partial charge in [-0.15, -0.1) is 11.3 Å². The number of hydrogen-bond acceptors (Lipinski definition) is 3. The molecule has 0 fully saturated rings. The van der Waals surface area contributed by atoms with Crippen molar-refractivity contribution in [3.8, 4) is 10.6 Å². The fourth-order valence-corrected chi connectivity index (χ4v) is 3.94. The van der Waals surface area contributed by atoms with E-state index in [9.17, 15) is 4.79 Å². The summed E-state index contributed by atoms with van der Waals surface area (Å²) in [5.74, 6) is -0.165. The van der Waals surface area contributed by atoms with Crippen LogP contribution in [0, 0.1) is 0 Å². The van der Waals surface area contributed by atoms with Crippen LogP contribution in [0.1, 0.15) is 16.1 Å². The van der Waals surface area contributed by atoms with E-state index < -0.39 is 0 Å². The Hall–Kier alpha value is -2.57. The van der Waals surface area contributed by atoms with Crippen LogP contribution in [0.15, 0.2) is 48.0 Å².